The highest BCUT2D eigenvalue weighted by atomic mass is 35.5. The number of hydrogen-bond acceptors (Lipinski definition) is 7. The van der Waals surface area contributed by atoms with E-state index in [0.717, 1.165) is 22.3 Å². The van der Waals surface area contributed by atoms with Crippen molar-refractivity contribution in [3.05, 3.63) is 60.4 Å². The van der Waals surface area contributed by atoms with Gasteiger partial charge in [0.05, 0.1) is 16.1 Å². The number of hydrogen-bond donors (Lipinski definition) is 3. The lowest BCUT2D eigenvalue weighted by Gasteiger charge is -2.19. The minimum Gasteiger partial charge on any atom is -0.329 e. The lowest BCUT2D eigenvalue weighted by Crippen LogP contribution is -2.13. The third-order valence-electron chi connectivity index (χ3n) is 4.53. The number of rotatable bonds is 5. The molecule has 0 saturated heterocycles. The SMILES string of the molecule is Cc1n[nH]c2cc(N(C)c3ccnc(Nc4cccc(S(N)(=O)=O)c4)n3)ccc12.Cl. The summed E-state index contributed by atoms with van der Waals surface area (Å²) in [6.07, 6.45) is 1.63. The number of halogens is 1. The van der Waals surface area contributed by atoms with Gasteiger partial charge in [-0.2, -0.15) is 10.1 Å². The molecule has 0 aliphatic rings. The standard InChI is InChI=1S/C19H19N7O2S.ClH/c1-12-16-7-6-14(11-17(16)25-24-12)26(2)18-8-9-21-19(23-18)22-13-4-3-5-15(10-13)29(20,27)28;/h3-11H,1-2H3,(H,24,25)(H2,20,27,28)(H,21,22,23);1H. The summed E-state index contributed by atoms with van der Waals surface area (Å²) < 4.78 is 23.1. The van der Waals surface area contributed by atoms with E-state index in [2.05, 4.69) is 25.5 Å². The molecule has 4 N–H and O–H groups in total. The average molecular weight is 446 g/mol. The summed E-state index contributed by atoms with van der Waals surface area (Å²) in [7, 11) is -1.89. The van der Waals surface area contributed by atoms with Crippen LogP contribution in [0.1, 0.15) is 5.69 Å². The van der Waals surface area contributed by atoms with E-state index in [1.54, 1.807) is 24.4 Å². The number of nitrogens with one attached hydrogen (secondary N) is 2. The number of aromatic nitrogens is 4. The number of fused-ring (bicyclic) bond motifs is 1. The Morgan fingerprint density at radius 3 is 2.70 bits per heavy atom. The molecule has 2 aromatic carbocycles. The first kappa shape index (κ1) is 21.5. The van der Waals surface area contributed by atoms with Gasteiger partial charge in [0.1, 0.15) is 5.82 Å². The number of benzene rings is 2. The van der Waals surface area contributed by atoms with Crippen LogP contribution in [0.5, 0.6) is 0 Å². The maximum atomic E-state index is 11.5. The van der Waals surface area contributed by atoms with Crippen molar-refractivity contribution in [1.29, 1.82) is 0 Å². The molecule has 0 amide bonds. The summed E-state index contributed by atoms with van der Waals surface area (Å²) >= 11 is 0. The summed E-state index contributed by atoms with van der Waals surface area (Å²) in [4.78, 5) is 10.7. The monoisotopic (exact) mass is 445 g/mol. The molecular formula is C19H20ClN7O2S. The van der Waals surface area contributed by atoms with E-state index in [1.807, 2.05) is 37.1 Å². The number of anilines is 4. The van der Waals surface area contributed by atoms with Gasteiger partial charge >= 0.3 is 0 Å². The molecular weight excluding hydrogens is 426 g/mol. The van der Waals surface area contributed by atoms with Gasteiger partial charge < -0.3 is 10.2 Å². The molecule has 0 unspecified atom stereocenters. The molecule has 2 aromatic heterocycles. The Labute approximate surface area is 179 Å². The molecule has 0 atom stereocenters. The molecule has 0 aliphatic carbocycles. The smallest absolute Gasteiger partial charge is 0.238 e. The van der Waals surface area contributed by atoms with Crippen molar-refractivity contribution in [3.63, 3.8) is 0 Å². The zero-order valence-electron chi connectivity index (χ0n) is 16.2. The Hall–Kier alpha value is -3.21. The highest BCUT2D eigenvalue weighted by Gasteiger charge is 2.11. The van der Waals surface area contributed by atoms with Crippen LogP contribution in [-0.4, -0.2) is 35.6 Å². The van der Waals surface area contributed by atoms with Crippen LogP contribution in [0.4, 0.5) is 23.1 Å². The minimum absolute atomic E-state index is 0. The molecule has 156 valence electrons. The second-order valence-corrected chi connectivity index (χ2v) is 8.10. The van der Waals surface area contributed by atoms with E-state index < -0.39 is 10.0 Å². The Morgan fingerprint density at radius 1 is 1.13 bits per heavy atom. The molecule has 0 fully saturated rings. The van der Waals surface area contributed by atoms with E-state index in [4.69, 9.17) is 5.14 Å². The van der Waals surface area contributed by atoms with E-state index >= 15 is 0 Å². The van der Waals surface area contributed by atoms with Crippen molar-refractivity contribution in [2.45, 2.75) is 11.8 Å². The highest BCUT2D eigenvalue weighted by Crippen LogP contribution is 2.27. The van der Waals surface area contributed by atoms with Gasteiger partial charge in [-0.1, -0.05) is 6.07 Å². The Morgan fingerprint density at radius 2 is 1.93 bits per heavy atom. The minimum atomic E-state index is -3.79. The van der Waals surface area contributed by atoms with Crippen molar-refractivity contribution in [1.82, 2.24) is 20.2 Å². The largest absolute Gasteiger partial charge is 0.329 e. The number of aromatic amines is 1. The predicted molar refractivity (Wildman–Crippen MR) is 119 cm³/mol. The Bertz CT molecular complexity index is 1310. The first-order valence-corrected chi connectivity index (χ1v) is 10.3. The molecule has 30 heavy (non-hydrogen) atoms. The van der Waals surface area contributed by atoms with E-state index in [-0.39, 0.29) is 17.3 Å². The molecule has 0 radical (unpaired) electrons. The highest BCUT2D eigenvalue weighted by molar-refractivity contribution is 7.89. The topological polar surface area (TPSA) is 130 Å². The number of sulfonamides is 1. The lowest BCUT2D eigenvalue weighted by atomic mass is 10.2. The third-order valence-corrected chi connectivity index (χ3v) is 5.44. The third kappa shape index (κ3) is 4.35. The number of H-pyrrole nitrogens is 1. The lowest BCUT2D eigenvalue weighted by molar-refractivity contribution is 0.598. The maximum Gasteiger partial charge on any atom is 0.238 e. The zero-order chi connectivity index (χ0) is 20.6. The molecule has 2 heterocycles. The zero-order valence-corrected chi connectivity index (χ0v) is 17.8. The van der Waals surface area contributed by atoms with Crippen molar-refractivity contribution in [3.8, 4) is 0 Å². The normalized spacial score (nSPS) is 11.2. The van der Waals surface area contributed by atoms with Gasteiger partial charge in [-0.05, 0) is 49.4 Å². The Balaban J connectivity index is 0.00000256. The number of nitrogens with zero attached hydrogens (tertiary/aromatic N) is 4. The molecule has 0 saturated carbocycles. The van der Waals surface area contributed by atoms with Gasteiger partial charge in [0, 0.05) is 30.0 Å². The molecule has 0 aliphatic heterocycles. The summed E-state index contributed by atoms with van der Waals surface area (Å²) in [5.74, 6) is 1.00. The fourth-order valence-corrected chi connectivity index (χ4v) is 3.52. The second-order valence-electron chi connectivity index (χ2n) is 6.53. The van der Waals surface area contributed by atoms with Crippen LogP contribution < -0.4 is 15.4 Å². The maximum absolute atomic E-state index is 11.5. The number of aryl methyl sites for hydroxylation is 1. The van der Waals surface area contributed by atoms with Crippen molar-refractivity contribution >= 4 is 56.5 Å². The molecule has 0 bridgehead atoms. The van der Waals surface area contributed by atoms with Crippen molar-refractivity contribution in [2.24, 2.45) is 5.14 Å². The van der Waals surface area contributed by atoms with Gasteiger partial charge in [0.25, 0.3) is 0 Å². The molecule has 4 aromatic rings. The van der Waals surface area contributed by atoms with Crippen LogP contribution in [0.25, 0.3) is 10.9 Å². The van der Waals surface area contributed by atoms with Crippen LogP contribution in [0.2, 0.25) is 0 Å². The molecule has 11 heteroatoms. The van der Waals surface area contributed by atoms with Crippen LogP contribution in [0, 0.1) is 6.92 Å². The molecule has 0 spiro atoms. The van der Waals surface area contributed by atoms with Gasteiger partial charge in [0.2, 0.25) is 16.0 Å². The quantitative estimate of drug-likeness (QED) is 0.429. The summed E-state index contributed by atoms with van der Waals surface area (Å²) in [6.45, 7) is 1.95. The first-order chi connectivity index (χ1) is 13.8. The summed E-state index contributed by atoms with van der Waals surface area (Å²) in [6, 6.07) is 14.0. The fourth-order valence-electron chi connectivity index (χ4n) is 2.96. The number of primary sulfonamides is 1. The number of nitrogens with two attached hydrogens (primary N) is 1. The van der Waals surface area contributed by atoms with Crippen molar-refractivity contribution < 1.29 is 8.42 Å². The fraction of sp³-hybridized carbons (Fsp3) is 0.105. The second kappa shape index (κ2) is 8.27. The van der Waals surface area contributed by atoms with E-state index in [1.165, 1.54) is 12.1 Å². The van der Waals surface area contributed by atoms with Crippen LogP contribution in [-0.2, 0) is 10.0 Å². The van der Waals surface area contributed by atoms with Crippen molar-refractivity contribution in [2.75, 3.05) is 17.3 Å². The average Bonchev–Trinajstić information content (AvgIpc) is 3.07. The van der Waals surface area contributed by atoms with Gasteiger partial charge in [-0.25, -0.2) is 18.5 Å². The Kier molecular flexibility index (Phi) is 5.92. The van der Waals surface area contributed by atoms with E-state index in [9.17, 15) is 8.42 Å². The van der Waals surface area contributed by atoms with Gasteiger partial charge in [0.15, 0.2) is 0 Å². The van der Waals surface area contributed by atoms with Crippen LogP contribution in [0.3, 0.4) is 0 Å². The first-order valence-electron chi connectivity index (χ1n) is 8.73. The van der Waals surface area contributed by atoms with E-state index in [0.29, 0.717) is 17.5 Å². The van der Waals surface area contributed by atoms with Gasteiger partial charge in [-0.15, -0.1) is 12.4 Å². The summed E-state index contributed by atoms with van der Waals surface area (Å²) in [5.41, 5.74) is 3.34. The van der Waals surface area contributed by atoms with Crippen LogP contribution in [0.15, 0.2) is 59.6 Å². The summed E-state index contributed by atoms with van der Waals surface area (Å²) in [5, 5.41) is 16.5. The molecule has 4 rings (SSSR count). The van der Waals surface area contributed by atoms with Crippen LogP contribution >= 0.6 is 12.4 Å². The molecule has 9 nitrogen and oxygen atoms in total. The van der Waals surface area contributed by atoms with Gasteiger partial charge in [-0.3, -0.25) is 5.10 Å². The predicted octanol–water partition coefficient (Wildman–Crippen LogP) is 3.24.